The lowest BCUT2D eigenvalue weighted by molar-refractivity contribution is -0.155. The zero-order chi connectivity index (χ0) is 23.4. The van der Waals surface area contributed by atoms with E-state index in [4.69, 9.17) is 9.47 Å². The van der Waals surface area contributed by atoms with Crippen molar-refractivity contribution in [1.29, 1.82) is 0 Å². The van der Waals surface area contributed by atoms with Crippen molar-refractivity contribution in [3.8, 4) is 0 Å². The van der Waals surface area contributed by atoms with Crippen LogP contribution in [-0.2, 0) is 14.3 Å². The molecule has 0 unspecified atom stereocenters. The zero-order valence-corrected chi connectivity index (χ0v) is 20.9. The molecule has 0 N–H and O–H groups in total. The third kappa shape index (κ3) is 3.62. The van der Waals surface area contributed by atoms with Crippen LogP contribution in [0.15, 0.2) is 58.7 Å². The van der Waals surface area contributed by atoms with Crippen molar-refractivity contribution >= 4 is 5.97 Å². The van der Waals surface area contributed by atoms with Crippen LogP contribution in [0.5, 0.6) is 0 Å². The van der Waals surface area contributed by atoms with Crippen LogP contribution in [0.3, 0.4) is 0 Å². The second kappa shape index (κ2) is 8.41. The van der Waals surface area contributed by atoms with Crippen LogP contribution in [0.25, 0.3) is 0 Å². The normalized spacial score (nSPS) is 45.6. The molecule has 3 heterocycles. The average molecular weight is 449 g/mol. The second-order valence-corrected chi connectivity index (χ2v) is 11.5. The molecular formula is C30H40O3. The molecule has 1 spiro atoms. The van der Waals surface area contributed by atoms with Gasteiger partial charge in [0.1, 0.15) is 11.5 Å². The Bertz CT molecular complexity index is 979. The summed E-state index contributed by atoms with van der Waals surface area (Å²) in [5.41, 5.74) is 5.68. The van der Waals surface area contributed by atoms with Crippen LogP contribution in [0.4, 0.5) is 0 Å². The monoisotopic (exact) mass is 448 g/mol. The minimum absolute atomic E-state index is 0.0189. The van der Waals surface area contributed by atoms with Gasteiger partial charge in [-0.2, -0.15) is 0 Å². The van der Waals surface area contributed by atoms with Crippen LogP contribution in [0, 0.1) is 17.3 Å². The molecule has 3 aliphatic heterocycles. The van der Waals surface area contributed by atoms with Gasteiger partial charge in [0.25, 0.3) is 0 Å². The predicted molar refractivity (Wildman–Crippen MR) is 133 cm³/mol. The molecule has 0 aromatic rings. The molecular weight excluding hydrogens is 408 g/mol. The van der Waals surface area contributed by atoms with E-state index in [1.54, 1.807) is 0 Å². The van der Waals surface area contributed by atoms with Crippen LogP contribution in [0.1, 0.15) is 85.5 Å². The van der Waals surface area contributed by atoms with E-state index in [2.05, 4.69) is 58.6 Å². The Hall–Kier alpha value is -1.87. The van der Waals surface area contributed by atoms with E-state index in [1.807, 2.05) is 0 Å². The summed E-state index contributed by atoms with van der Waals surface area (Å²) in [6, 6.07) is 0. The molecule has 3 heteroatoms. The molecule has 0 radical (unpaired) electrons. The quantitative estimate of drug-likeness (QED) is 0.315. The van der Waals surface area contributed by atoms with Gasteiger partial charge in [0.15, 0.2) is 0 Å². The summed E-state index contributed by atoms with van der Waals surface area (Å²) in [5, 5.41) is 0. The summed E-state index contributed by atoms with van der Waals surface area (Å²) >= 11 is 0. The van der Waals surface area contributed by atoms with Gasteiger partial charge in [0.05, 0.1) is 11.7 Å². The minimum Gasteiger partial charge on any atom is -0.461 e. The molecule has 5 bridgehead atoms. The van der Waals surface area contributed by atoms with E-state index in [9.17, 15) is 4.79 Å². The lowest BCUT2D eigenvalue weighted by atomic mass is 9.56. The van der Waals surface area contributed by atoms with Gasteiger partial charge in [-0.15, -0.1) is 0 Å². The number of carbonyl (C=O) groups excluding carboxylic acids is 1. The van der Waals surface area contributed by atoms with Gasteiger partial charge in [0.2, 0.25) is 0 Å². The van der Waals surface area contributed by atoms with Gasteiger partial charge >= 0.3 is 5.97 Å². The average Bonchev–Trinajstić information content (AvgIpc) is 3.33. The van der Waals surface area contributed by atoms with E-state index in [0.717, 1.165) is 63.4 Å². The number of fused-ring (bicyclic) bond motifs is 2. The molecule has 5 rings (SSSR count). The number of esters is 1. The number of rotatable bonds is 1. The fourth-order valence-electron chi connectivity index (χ4n) is 7.51. The molecule has 178 valence electrons. The molecule has 2 saturated heterocycles. The molecule has 3 nitrogen and oxygen atoms in total. The molecule has 0 aromatic carbocycles. The predicted octanol–water partition coefficient (Wildman–Crippen LogP) is 7.16. The number of hydrogen-bond acceptors (Lipinski definition) is 3. The summed E-state index contributed by atoms with van der Waals surface area (Å²) in [4.78, 5) is 13.9. The Morgan fingerprint density at radius 2 is 1.70 bits per heavy atom. The summed E-state index contributed by atoms with van der Waals surface area (Å²) in [7, 11) is 0. The van der Waals surface area contributed by atoms with Gasteiger partial charge in [-0.3, -0.25) is 4.79 Å². The third-order valence-electron chi connectivity index (χ3n) is 9.05. The number of carbonyl (C=O) groups is 1. The van der Waals surface area contributed by atoms with E-state index in [1.165, 1.54) is 22.3 Å². The first-order chi connectivity index (χ1) is 15.8. The number of ether oxygens (including phenoxy) is 2. The van der Waals surface area contributed by atoms with Crippen molar-refractivity contribution in [2.75, 3.05) is 0 Å². The van der Waals surface area contributed by atoms with Crippen molar-refractivity contribution < 1.29 is 14.3 Å². The van der Waals surface area contributed by atoms with Crippen LogP contribution in [0.2, 0.25) is 0 Å². The molecule has 33 heavy (non-hydrogen) atoms. The zero-order valence-electron chi connectivity index (χ0n) is 20.9. The van der Waals surface area contributed by atoms with Crippen molar-refractivity contribution in [1.82, 2.24) is 0 Å². The van der Waals surface area contributed by atoms with Crippen LogP contribution >= 0.6 is 0 Å². The summed E-state index contributed by atoms with van der Waals surface area (Å²) in [6.45, 7) is 13.2. The Kier molecular flexibility index (Phi) is 5.84. The molecule has 0 amide bonds. The topological polar surface area (TPSA) is 35.5 Å². The highest BCUT2D eigenvalue weighted by molar-refractivity contribution is 5.83. The summed E-state index contributed by atoms with van der Waals surface area (Å²) < 4.78 is 13.4. The van der Waals surface area contributed by atoms with Gasteiger partial charge in [-0.25, -0.2) is 0 Å². The van der Waals surface area contributed by atoms with Gasteiger partial charge in [-0.05, 0) is 84.6 Å². The third-order valence-corrected chi connectivity index (χ3v) is 9.05. The van der Waals surface area contributed by atoms with Crippen molar-refractivity contribution in [2.45, 2.75) is 103 Å². The second-order valence-electron chi connectivity index (χ2n) is 11.5. The lowest BCUT2D eigenvalue weighted by Gasteiger charge is -2.41. The highest BCUT2D eigenvalue weighted by atomic mass is 16.6. The van der Waals surface area contributed by atoms with Gasteiger partial charge in [0, 0.05) is 18.3 Å². The highest BCUT2D eigenvalue weighted by Gasteiger charge is 2.76. The maximum atomic E-state index is 13.9. The first-order valence-electron chi connectivity index (χ1n) is 13.0. The lowest BCUT2D eigenvalue weighted by Crippen LogP contribution is -2.49. The maximum absolute atomic E-state index is 13.9. The molecule has 5 aliphatic rings. The first-order valence-corrected chi connectivity index (χ1v) is 13.0. The van der Waals surface area contributed by atoms with Crippen molar-refractivity contribution in [2.24, 2.45) is 17.3 Å². The molecule has 2 aliphatic carbocycles. The number of allylic oxidation sites excluding steroid dienone is 5. The molecule has 0 aromatic heterocycles. The Morgan fingerprint density at radius 3 is 2.48 bits per heavy atom. The fraction of sp³-hybridized carbons (Fsp3) is 0.633. The molecule has 6 atom stereocenters. The molecule has 0 saturated carbocycles. The highest BCUT2D eigenvalue weighted by Crippen LogP contribution is 2.67. The summed E-state index contributed by atoms with van der Waals surface area (Å²) in [5.74, 6) is 0.214. The summed E-state index contributed by atoms with van der Waals surface area (Å²) in [6.07, 6.45) is 18.0. The van der Waals surface area contributed by atoms with E-state index < -0.39 is 11.0 Å². The standard InChI is InChI=1S/C30H40O3/c1-19(2)24-15-14-21(4)12-8-16-30-26(25(24)32-28(30)31)29-17-22(5)11-6-9-20(3)10-7-13-23(18-29)27(30)33-29/h10-12,18,24-27H,1,6-9,13-17H2,2-5H3/b20-10+,21-12+,22-11+/t24-,25+,26-,27+,29-,30-/m0/s1. The van der Waals surface area contributed by atoms with Crippen LogP contribution < -0.4 is 0 Å². The van der Waals surface area contributed by atoms with Crippen LogP contribution in [-0.4, -0.2) is 23.8 Å². The Labute approximate surface area is 199 Å². The fourth-order valence-corrected chi connectivity index (χ4v) is 7.51. The van der Waals surface area contributed by atoms with Gasteiger partial charge in [-0.1, -0.05) is 53.2 Å². The van der Waals surface area contributed by atoms with Crippen molar-refractivity contribution in [3.05, 3.63) is 58.7 Å². The molecule has 2 fully saturated rings. The largest absolute Gasteiger partial charge is 0.461 e. The Balaban J connectivity index is 1.65. The maximum Gasteiger partial charge on any atom is 0.315 e. The smallest absolute Gasteiger partial charge is 0.315 e. The van der Waals surface area contributed by atoms with E-state index in [0.29, 0.717) is 0 Å². The van der Waals surface area contributed by atoms with E-state index >= 15 is 0 Å². The van der Waals surface area contributed by atoms with E-state index in [-0.39, 0.29) is 30.0 Å². The number of hydrogen-bond donors (Lipinski definition) is 0. The van der Waals surface area contributed by atoms with Gasteiger partial charge < -0.3 is 9.47 Å². The van der Waals surface area contributed by atoms with Crippen molar-refractivity contribution in [3.63, 3.8) is 0 Å². The first kappa shape index (κ1) is 22.9. The SMILES string of the molecule is C=C(C)[C@@H]1CC/C(C)=C/CC[C@]23C(=O)O[C@H]1[C@H]2[C@@]12C=C(CC/C=C(\C)CC/C=C(\C)C1)[C@H]3O2. The minimum atomic E-state index is -0.570. The Morgan fingerprint density at radius 1 is 1.00 bits per heavy atom.